The maximum atomic E-state index is 4.60. The number of nitrogens with zero attached hydrogens (tertiary/aromatic N) is 9. The molecule has 3 aliphatic heterocycles. The van der Waals surface area contributed by atoms with Crippen molar-refractivity contribution in [3.05, 3.63) is 23.8 Å². The summed E-state index contributed by atoms with van der Waals surface area (Å²) >= 11 is 0. The van der Waals surface area contributed by atoms with Crippen molar-refractivity contribution >= 4 is 0 Å². The summed E-state index contributed by atoms with van der Waals surface area (Å²) in [5.74, 6) is 4.53. The van der Waals surface area contributed by atoms with Gasteiger partial charge in [-0.05, 0) is 114 Å². The molecule has 0 aliphatic carbocycles. The minimum absolute atomic E-state index is 0.465. The summed E-state index contributed by atoms with van der Waals surface area (Å²) in [6, 6.07) is 0. The van der Waals surface area contributed by atoms with Crippen molar-refractivity contribution in [2.75, 3.05) is 45.8 Å². The molecular formula is C34H61N9. The summed E-state index contributed by atoms with van der Waals surface area (Å²) in [6.45, 7) is 23.2. The molecule has 9 nitrogen and oxygen atoms in total. The maximum Gasteiger partial charge on any atom is 0.0967 e. The lowest BCUT2D eigenvalue weighted by molar-refractivity contribution is 0.102. The highest BCUT2D eigenvalue weighted by molar-refractivity contribution is 5.00. The van der Waals surface area contributed by atoms with Gasteiger partial charge in [0, 0.05) is 44.8 Å². The zero-order valence-corrected chi connectivity index (χ0v) is 28.1. The van der Waals surface area contributed by atoms with Gasteiger partial charge in [0.2, 0.25) is 0 Å². The third-order valence-corrected chi connectivity index (χ3v) is 10.9. The first-order chi connectivity index (χ1) is 20.8. The van der Waals surface area contributed by atoms with Gasteiger partial charge in [-0.3, -0.25) is 14.5 Å². The second kappa shape index (κ2) is 15.9. The molecule has 3 aliphatic rings. The summed E-state index contributed by atoms with van der Waals surface area (Å²) in [6.07, 6.45) is 16.0. The van der Waals surface area contributed by atoms with E-state index in [1.807, 2.05) is 4.68 Å². The largest absolute Gasteiger partial charge is 0.303 e. The topological polar surface area (TPSA) is 71.1 Å². The molecule has 0 spiro atoms. The van der Waals surface area contributed by atoms with Crippen molar-refractivity contribution in [2.45, 2.75) is 118 Å². The number of hydrogen-bond donors (Lipinski definition) is 0. The van der Waals surface area contributed by atoms with Gasteiger partial charge in [-0.15, -0.1) is 10.2 Å². The van der Waals surface area contributed by atoms with E-state index >= 15 is 0 Å². The molecule has 0 saturated carbocycles. The fraction of sp³-hybridized carbons (Fsp3) is 0.882. The van der Waals surface area contributed by atoms with Crippen LogP contribution >= 0.6 is 0 Å². The highest BCUT2D eigenvalue weighted by Gasteiger charge is 2.26. The molecule has 242 valence electrons. The van der Waals surface area contributed by atoms with Crippen molar-refractivity contribution in [1.29, 1.82) is 0 Å². The minimum atomic E-state index is 0.465. The molecule has 0 aromatic carbocycles. The summed E-state index contributed by atoms with van der Waals surface area (Å²) < 4.78 is 4.10. The smallest absolute Gasteiger partial charge is 0.0967 e. The van der Waals surface area contributed by atoms with E-state index < -0.39 is 0 Å². The van der Waals surface area contributed by atoms with E-state index in [9.17, 15) is 0 Å². The van der Waals surface area contributed by atoms with E-state index in [1.165, 1.54) is 97.2 Å². The Labute approximate surface area is 261 Å². The molecule has 0 N–H and O–H groups in total. The number of aromatic nitrogens is 6. The highest BCUT2D eigenvalue weighted by Crippen LogP contribution is 2.31. The normalized spacial score (nSPS) is 22.5. The Morgan fingerprint density at radius 2 is 1.40 bits per heavy atom. The van der Waals surface area contributed by atoms with Crippen LogP contribution in [-0.2, 0) is 19.8 Å². The van der Waals surface area contributed by atoms with Crippen LogP contribution in [0.2, 0.25) is 0 Å². The van der Waals surface area contributed by atoms with Crippen molar-refractivity contribution in [1.82, 2.24) is 44.7 Å². The monoisotopic (exact) mass is 596 g/mol. The number of rotatable bonds is 14. The second-order valence-corrected chi connectivity index (χ2v) is 15.1. The Balaban J connectivity index is 0.961. The standard InChI is InChI=1S/C34H61N9/c1-27(2)8-21-42-24-33(35-37-42)23-40-19-13-32(14-20-40)29(4)6-7-30(5)34-25-43(38-36-34)26-41-17-11-31(12-18-41)22-39-15-9-28(3)10-16-39/h24-25,27-32H,6-23,26H2,1-5H3. The van der Waals surface area contributed by atoms with Crippen molar-refractivity contribution in [3.63, 3.8) is 0 Å². The Morgan fingerprint density at radius 1 is 0.721 bits per heavy atom. The molecule has 9 heteroatoms. The molecule has 43 heavy (non-hydrogen) atoms. The summed E-state index contributed by atoms with van der Waals surface area (Å²) in [7, 11) is 0. The van der Waals surface area contributed by atoms with E-state index in [0.717, 1.165) is 61.2 Å². The van der Waals surface area contributed by atoms with Crippen LogP contribution in [0.4, 0.5) is 0 Å². The molecule has 5 rings (SSSR count). The average molecular weight is 596 g/mol. The van der Waals surface area contributed by atoms with Crippen LogP contribution in [0.1, 0.15) is 110 Å². The zero-order valence-electron chi connectivity index (χ0n) is 28.1. The minimum Gasteiger partial charge on any atom is -0.303 e. The van der Waals surface area contributed by atoms with Crippen LogP contribution in [0.5, 0.6) is 0 Å². The quantitative estimate of drug-likeness (QED) is 0.275. The number of likely N-dealkylation sites (tertiary alicyclic amines) is 3. The third kappa shape index (κ3) is 10.1. The first-order valence-corrected chi connectivity index (χ1v) is 17.8. The number of hydrogen-bond acceptors (Lipinski definition) is 7. The van der Waals surface area contributed by atoms with Gasteiger partial charge in [0.15, 0.2) is 0 Å². The summed E-state index contributed by atoms with van der Waals surface area (Å²) in [5, 5.41) is 17.9. The van der Waals surface area contributed by atoms with Crippen LogP contribution < -0.4 is 0 Å². The SMILES string of the molecule is CC(C)CCn1cc(CN2CCC(C(C)CCC(C)c3cn(CN4CCC(CN5CCC(C)CC5)CC4)nn3)CC2)nn1. The van der Waals surface area contributed by atoms with Gasteiger partial charge in [0.05, 0.1) is 24.3 Å². The van der Waals surface area contributed by atoms with Crippen LogP contribution in [0.15, 0.2) is 12.4 Å². The van der Waals surface area contributed by atoms with E-state index in [4.69, 9.17) is 0 Å². The zero-order chi connectivity index (χ0) is 30.2. The van der Waals surface area contributed by atoms with E-state index in [-0.39, 0.29) is 0 Å². The van der Waals surface area contributed by atoms with Crippen molar-refractivity contribution in [2.24, 2.45) is 29.6 Å². The van der Waals surface area contributed by atoms with Gasteiger partial charge in [-0.25, -0.2) is 4.68 Å². The lowest BCUT2D eigenvalue weighted by Crippen LogP contribution is -2.41. The van der Waals surface area contributed by atoms with E-state index in [0.29, 0.717) is 11.8 Å². The molecule has 3 fully saturated rings. The molecule has 0 bridgehead atoms. The van der Waals surface area contributed by atoms with Crippen LogP contribution in [0, 0.1) is 29.6 Å². The lowest BCUT2D eigenvalue weighted by atomic mass is 9.81. The van der Waals surface area contributed by atoms with Gasteiger partial charge in [0.25, 0.3) is 0 Å². The summed E-state index contributed by atoms with van der Waals surface area (Å²) in [4.78, 5) is 7.86. The van der Waals surface area contributed by atoms with Gasteiger partial charge in [-0.1, -0.05) is 45.0 Å². The molecule has 5 heterocycles. The molecule has 3 saturated heterocycles. The van der Waals surface area contributed by atoms with Crippen molar-refractivity contribution < 1.29 is 0 Å². The number of piperidine rings is 3. The molecule has 2 aromatic heterocycles. The van der Waals surface area contributed by atoms with E-state index in [2.05, 4.69) is 87.0 Å². The molecule has 2 atom stereocenters. The highest BCUT2D eigenvalue weighted by atomic mass is 15.5. The molecule has 2 unspecified atom stereocenters. The third-order valence-electron chi connectivity index (χ3n) is 10.9. The molecule has 2 aromatic rings. The molecule has 0 radical (unpaired) electrons. The van der Waals surface area contributed by atoms with Gasteiger partial charge < -0.3 is 4.90 Å². The average Bonchev–Trinajstić information content (AvgIpc) is 3.67. The Bertz CT molecular complexity index is 1060. The predicted molar refractivity (Wildman–Crippen MR) is 173 cm³/mol. The Hall–Kier alpha value is -1.84. The van der Waals surface area contributed by atoms with Crippen molar-refractivity contribution in [3.8, 4) is 0 Å². The molecular weight excluding hydrogens is 534 g/mol. The molecule has 0 amide bonds. The Morgan fingerprint density at radius 3 is 2.12 bits per heavy atom. The fourth-order valence-corrected chi connectivity index (χ4v) is 7.45. The van der Waals surface area contributed by atoms with Gasteiger partial charge >= 0.3 is 0 Å². The number of aryl methyl sites for hydroxylation is 1. The maximum absolute atomic E-state index is 4.60. The second-order valence-electron chi connectivity index (χ2n) is 15.1. The first kappa shape index (κ1) is 32.6. The van der Waals surface area contributed by atoms with Crippen LogP contribution in [0.25, 0.3) is 0 Å². The van der Waals surface area contributed by atoms with Crippen LogP contribution in [-0.4, -0.2) is 90.5 Å². The van der Waals surface area contributed by atoms with Crippen LogP contribution in [0.3, 0.4) is 0 Å². The van der Waals surface area contributed by atoms with E-state index in [1.54, 1.807) is 0 Å². The fourth-order valence-electron chi connectivity index (χ4n) is 7.45. The lowest BCUT2D eigenvalue weighted by Gasteiger charge is -2.37. The Kier molecular flexibility index (Phi) is 12.1. The first-order valence-electron chi connectivity index (χ1n) is 17.8. The van der Waals surface area contributed by atoms with Gasteiger partial charge in [-0.2, -0.15) is 0 Å². The predicted octanol–water partition coefficient (Wildman–Crippen LogP) is 5.75. The van der Waals surface area contributed by atoms with Gasteiger partial charge in [0.1, 0.15) is 0 Å². The summed E-state index contributed by atoms with van der Waals surface area (Å²) in [5.41, 5.74) is 2.28.